The van der Waals surface area contributed by atoms with E-state index in [0.717, 1.165) is 8.95 Å². The van der Waals surface area contributed by atoms with E-state index < -0.39 is 0 Å². The minimum Gasteiger partial charge on any atom is -0.450 e. The summed E-state index contributed by atoms with van der Waals surface area (Å²) in [5.41, 5.74) is 0.701. The molecule has 0 saturated carbocycles. The molecule has 0 aromatic heterocycles. The van der Waals surface area contributed by atoms with Crippen LogP contribution in [0, 0.1) is 0 Å². The number of piperazine rings is 1. The molecule has 1 N–H and O–H groups in total. The first kappa shape index (κ1) is 17.1. The molecular weight excluding hydrogens is 418 g/mol. The summed E-state index contributed by atoms with van der Waals surface area (Å²) in [6, 6.07) is 5.40. The summed E-state index contributed by atoms with van der Waals surface area (Å²) < 4.78 is 6.66. The lowest BCUT2D eigenvalue weighted by atomic mass is 10.3. The molecule has 8 heteroatoms. The topological polar surface area (TPSA) is 61.9 Å². The number of halogens is 2. The van der Waals surface area contributed by atoms with E-state index in [4.69, 9.17) is 4.74 Å². The van der Waals surface area contributed by atoms with Crippen molar-refractivity contribution in [2.24, 2.45) is 0 Å². The summed E-state index contributed by atoms with van der Waals surface area (Å²) in [6.07, 6.45) is -0.322. The summed E-state index contributed by atoms with van der Waals surface area (Å²) >= 11 is 6.78. The van der Waals surface area contributed by atoms with Crippen molar-refractivity contribution in [3.8, 4) is 0 Å². The van der Waals surface area contributed by atoms with Crippen molar-refractivity contribution in [2.45, 2.75) is 6.92 Å². The molecule has 0 radical (unpaired) electrons. The van der Waals surface area contributed by atoms with Gasteiger partial charge in [-0.05, 0) is 41.1 Å². The average molecular weight is 435 g/mol. The molecule has 6 nitrogen and oxygen atoms in total. The standard InChI is InChI=1S/C14H17Br2N3O3/c1-2-22-14(21)19-7-5-18(6-8-19)13(20)17-12-9-10(15)3-4-11(12)16/h3-4,9H,2,5-8H2,1H3,(H,17,20). The summed E-state index contributed by atoms with van der Waals surface area (Å²) in [4.78, 5) is 27.2. The van der Waals surface area contributed by atoms with Crippen LogP contribution in [0.3, 0.4) is 0 Å². The number of rotatable bonds is 2. The molecule has 1 heterocycles. The number of urea groups is 1. The Balaban J connectivity index is 1.90. The molecule has 120 valence electrons. The Hall–Kier alpha value is -1.28. The number of carbonyl (C=O) groups is 2. The maximum Gasteiger partial charge on any atom is 0.409 e. The Morgan fingerprint density at radius 3 is 2.45 bits per heavy atom. The van der Waals surface area contributed by atoms with E-state index in [1.165, 1.54) is 0 Å². The fraction of sp³-hybridized carbons (Fsp3) is 0.429. The molecule has 0 atom stereocenters. The van der Waals surface area contributed by atoms with Crippen LogP contribution in [0.25, 0.3) is 0 Å². The van der Waals surface area contributed by atoms with Crippen LogP contribution in [0.4, 0.5) is 15.3 Å². The van der Waals surface area contributed by atoms with E-state index in [2.05, 4.69) is 37.2 Å². The maximum atomic E-state index is 12.3. The summed E-state index contributed by atoms with van der Waals surface area (Å²) in [7, 11) is 0. The third-order valence-electron chi connectivity index (χ3n) is 3.26. The highest BCUT2D eigenvalue weighted by atomic mass is 79.9. The predicted octanol–water partition coefficient (Wildman–Crippen LogP) is 3.52. The second-order valence-electron chi connectivity index (χ2n) is 4.73. The number of hydrogen-bond acceptors (Lipinski definition) is 3. The molecule has 22 heavy (non-hydrogen) atoms. The lowest BCUT2D eigenvalue weighted by Gasteiger charge is -2.34. The number of benzene rings is 1. The van der Waals surface area contributed by atoms with Gasteiger partial charge in [-0.1, -0.05) is 15.9 Å². The third kappa shape index (κ3) is 4.36. The van der Waals surface area contributed by atoms with Crippen molar-refractivity contribution in [2.75, 3.05) is 38.1 Å². The lowest BCUT2D eigenvalue weighted by molar-refractivity contribution is 0.0868. The molecule has 1 saturated heterocycles. The Morgan fingerprint density at radius 1 is 1.18 bits per heavy atom. The van der Waals surface area contributed by atoms with Gasteiger partial charge in [0.1, 0.15) is 0 Å². The Bertz CT molecular complexity index is 560. The van der Waals surface area contributed by atoms with Gasteiger partial charge in [-0.2, -0.15) is 0 Å². The van der Waals surface area contributed by atoms with Crippen LogP contribution in [0.2, 0.25) is 0 Å². The van der Waals surface area contributed by atoms with E-state index in [1.807, 2.05) is 18.2 Å². The van der Waals surface area contributed by atoms with Gasteiger partial charge in [0.15, 0.2) is 0 Å². The third-order valence-corrected chi connectivity index (χ3v) is 4.45. The minimum absolute atomic E-state index is 0.178. The van der Waals surface area contributed by atoms with Gasteiger partial charge in [-0.3, -0.25) is 0 Å². The van der Waals surface area contributed by atoms with Crippen LogP contribution >= 0.6 is 31.9 Å². The fourth-order valence-electron chi connectivity index (χ4n) is 2.09. The van der Waals surface area contributed by atoms with E-state index in [9.17, 15) is 9.59 Å². The predicted molar refractivity (Wildman–Crippen MR) is 91.0 cm³/mol. The van der Waals surface area contributed by atoms with Crippen LogP contribution in [0.15, 0.2) is 27.1 Å². The largest absolute Gasteiger partial charge is 0.450 e. The number of nitrogens with zero attached hydrogens (tertiary/aromatic N) is 2. The van der Waals surface area contributed by atoms with Crippen molar-refractivity contribution in [1.29, 1.82) is 0 Å². The van der Waals surface area contributed by atoms with Gasteiger partial charge in [0, 0.05) is 35.1 Å². The van der Waals surface area contributed by atoms with Crippen molar-refractivity contribution in [3.05, 3.63) is 27.1 Å². The van der Waals surface area contributed by atoms with Gasteiger partial charge >= 0.3 is 12.1 Å². The van der Waals surface area contributed by atoms with Gasteiger partial charge < -0.3 is 19.9 Å². The number of hydrogen-bond donors (Lipinski definition) is 1. The Labute approximate surface area is 146 Å². The van der Waals surface area contributed by atoms with Gasteiger partial charge in [0.25, 0.3) is 0 Å². The fourth-order valence-corrected chi connectivity index (χ4v) is 2.80. The van der Waals surface area contributed by atoms with Crippen LogP contribution < -0.4 is 5.32 Å². The first-order valence-corrected chi connectivity index (χ1v) is 8.52. The molecule has 3 amide bonds. The van der Waals surface area contributed by atoms with Gasteiger partial charge in [0.05, 0.1) is 12.3 Å². The zero-order valence-corrected chi connectivity index (χ0v) is 15.3. The zero-order chi connectivity index (χ0) is 16.1. The first-order chi connectivity index (χ1) is 10.5. The number of nitrogens with one attached hydrogen (secondary N) is 1. The number of amides is 3. The maximum absolute atomic E-state index is 12.3. The lowest BCUT2D eigenvalue weighted by Crippen LogP contribution is -2.51. The molecular formula is C14H17Br2N3O3. The number of anilines is 1. The van der Waals surface area contributed by atoms with Crippen LogP contribution in [0.5, 0.6) is 0 Å². The second-order valence-corrected chi connectivity index (χ2v) is 6.50. The molecule has 1 aliphatic heterocycles. The highest BCUT2D eigenvalue weighted by Gasteiger charge is 2.25. The van der Waals surface area contributed by atoms with E-state index in [0.29, 0.717) is 38.5 Å². The van der Waals surface area contributed by atoms with Gasteiger partial charge in [-0.25, -0.2) is 9.59 Å². The smallest absolute Gasteiger partial charge is 0.409 e. The highest BCUT2D eigenvalue weighted by Crippen LogP contribution is 2.26. The van der Waals surface area contributed by atoms with Gasteiger partial charge in [-0.15, -0.1) is 0 Å². The van der Waals surface area contributed by atoms with Crippen LogP contribution in [0.1, 0.15) is 6.92 Å². The monoisotopic (exact) mass is 433 g/mol. The zero-order valence-electron chi connectivity index (χ0n) is 12.1. The minimum atomic E-state index is -0.322. The summed E-state index contributed by atoms with van der Waals surface area (Å²) in [6.45, 7) is 4.05. The van der Waals surface area contributed by atoms with Gasteiger partial charge in [0.2, 0.25) is 0 Å². The Morgan fingerprint density at radius 2 is 1.82 bits per heavy atom. The van der Waals surface area contributed by atoms with Crippen molar-refractivity contribution in [1.82, 2.24) is 9.80 Å². The molecule has 0 bridgehead atoms. The number of ether oxygens (including phenoxy) is 1. The van der Waals surface area contributed by atoms with E-state index in [-0.39, 0.29) is 12.1 Å². The van der Waals surface area contributed by atoms with Crippen molar-refractivity contribution >= 4 is 49.7 Å². The molecule has 1 aliphatic rings. The molecule has 1 aromatic carbocycles. The quantitative estimate of drug-likeness (QED) is 0.774. The molecule has 1 aromatic rings. The molecule has 1 fully saturated rings. The molecule has 0 spiro atoms. The van der Waals surface area contributed by atoms with Crippen LogP contribution in [-0.4, -0.2) is 54.7 Å². The first-order valence-electron chi connectivity index (χ1n) is 6.94. The van der Waals surface area contributed by atoms with Crippen LogP contribution in [-0.2, 0) is 4.74 Å². The summed E-state index contributed by atoms with van der Waals surface area (Å²) in [5, 5.41) is 2.87. The van der Waals surface area contributed by atoms with Crippen molar-refractivity contribution in [3.63, 3.8) is 0 Å². The summed E-state index contributed by atoms with van der Waals surface area (Å²) in [5.74, 6) is 0. The Kier molecular flexibility index (Phi) is 6.07. The highest BCUT2D eigenvalue weighted by molar-refractivity contribution is 9.11. The average Bonchev–Trinajstić information content (AvgIpc) is 2.51. The van der Waals surface area contributed by atoms with Crippen molar-refractivity contribution < 1.29 is 14.3 Å². The van der Waals surface area contributed by atoms with E-state index in [1.54, 1.807) is 16.7 Å². The molecule has 2 rings (SSSR count). The van der Waals surface area contributed by atoms with E-state index >= 15 is 0 Å². The molecule has 0 unspecified atom stereocenters. The second kappa shape index (κ2) is 7.82. The normalized spacial score (nSPS) is 14.7. The molecule has 0 aliphatic carbocycles. The number of carbonyl (C=O) groups excluding carboxylic acids is 2. The SMILES string of the molecule is CCOC(=O)N1CCN(C(=O)Nc2cc(Br)ccc2Br)CC1.